The fourth-order valence-corrected chi connectivity index (χ4v) is 2.50. The number of hydrogen-bond donors (Lipinski definition) is 0. The topological polar surface area (TPSA) is 26.9 Å². The lowest BCUT2D eigenvalue weighted by atomic mass is 10.1. The minimum Gasteiger partial charge on any atom is -0.295 e. The first-order valence-corrected chi connectivity index (χ1v) is 6.55. The maximum atomic E-state index is 13.3. The Balaban J connectivity index is 2.58. The van der Waals surface area contributed by atoms with Gasteiger partial charge in [-0.05, 0) is 17.7 Å². The molecule has 0 aliphatic heterocycles. The maximum Gasteiger partial charge on any atom is 0.328 e. The van der Waals surface area contributed by atoms with E-state index >= 15 is 0 Å². The van der Waals surface area contributed by atoms with E-state index < -0.39 is 17.2 Å². The van der Waals surface area contributed by atoms with Gasteiger partial charge in [-0.25, -0.2) is 13.6 Å². The molecule has 0 fully saturated rings. The molecule has 0 amide bonds. The van der Waals surface area contributed by atoms with Crippen LogP contribution in [0.3, 0.4) is 0 Å². The average Bonchev–Trinajstić information content (AvgIpc) is 2.62. The van der Waals surface area contributed by atoms with Crippen molar-refractivity contribution in [3.63, 3.8) is 0 Å². The molecular formula is C12H11BrF4N2O. The standard InChI is InChI=1S/C12H11BrF4N2O/c1-18-7-4-3-6(5-8(7)19(2)11(18)20)9(13)12(16,17)10(14)15/h3-5,9-10H,1-2H3. The van der Waals surface area contributed by atoms with Gasteiger partial charge >= 0.3 is 18.0 Å². The second-order valence-corrected chi connectivity index (χ2v) is 5.40. The highest BCUT2D eigenvalue weighted by Crippen LogP contribution is 2.43. The second kappa shape index (κ2) is 4.91. The van der Waals surface area contributed by atoms with Crippen LogP contribution in [0, 0.1) is 0 Å². The summed E-state index contributed by atoms with van der Waals surface area (Å²) in [5.41, 5.74) is 0.624. The van der Waals surface area contributed by atoms with Gasteiger partial charge in [0.25, 0.3) is 0 Å². The van der Waals surface area contributed by atoms with Crippen molar-refractivity contribution in [2.45, 2.75) is 17.2 Å². The number of benzene rings is 1. The zero-order valence-electron chi connectivity index (χ0n) is 10.6. The van der Waals surface area contributed by atoms with Crippen LogP contribution in [0.25, 0.3) is 11.0 Å². The Hall–Kier alpha value is -1.31. The highest BCUT2D eigenvalue weighted by Gasteiger charge is 2.48. The lowest BCUT2D eigenvalue weighted by Crippen LogP contribution is -2.31. The third-order valence-electron chi connectivity index (χ3n) is 3.22. The first kappa shape index (κ1) is 15.1. The van der Waals surface area contributed by atoms with E-state index in [1.54, 1.807) is 7.05 Å². The molecule has 8 heteroatoms. The summed E-state index contributed by atoms with van der Waals surface area (Å²) in [6.07, 6.45) is -3.78. The smallest absolute Gasteiger partial charge is 0.295 e. The largest absolute Gasteiger partial charge is 0.328 e. The van der Waals surface area contributed by atoms with Crippen molar-refractivity contribution in [1.82, 2.24) is 9.13 Å². The fourth-order valence-electron chi connectivity index (χ4n) is 2.01. The number of alkyl halides is 5. The summed E-state index contributed by atoms with van der Waals surface area (Å²) in [6, 6.07) is 4.08. The van der Waals surface area contributed by atoms with Gasteiger partial charge in [0.05, 0.1) is 11.0 Å². The minimum atomic E-state index is -4.19. The van der Waals surface area contributed by atoms with Gasteiger partial charge in [0, 0.05) is 14.1 Å². The lowest BCUT2D eigenvalue weighted by Gasteiger charge is -2.21. The molecule has 20 heavy (non-hydrogen) atoms. The van der Waals surface area contributed by atoms with Gasteiger partial charge in [-0.2, -0.15) is 8.78 Å². The number of fused-ring (bicyclic) bond motifs is 1. The third-order valence-corrected chi connectivity index (χ3v) is 4.36. The molecule has 1 unspecified atom stereocenters. The Morgan fingerprint density at radius 2 is 1.70 bits per heavy atom. The molecule has 0 radical (unpaired) electrons. The summed E-state index contributed by atoms with van der Waals surface area (Å²) in [5, 5.41) is 0. The van der Waals surface area contributed by atoms with Crippen molar-refractivity contribution < 1.29 is 17.6 Å². The second-order valence-electron chi connectivity index (χ2n) is 4.49. The molecule has 3 nitrogen and oxygen atoms in total. The molecule has 2 rings (SSSR count). The fraction of sp³-hybridized carbons (Fsp3) is 0.417. The van der Waals surface area contributed by atoms with Crippen LogP contribution in [0.1, 0.15) is 10.4 Å². The number of imidazole rings is 1. The van der Waals surface area contributed by atoms with Crippen molar-refractivity contribution in [1.29, 1.82) is 0 Å². The Kier molecular flexibility index (Phi) is 3.70. The molecule has 110 valence electrons. The Morgan fingerprint density at radius 3 is 2.25 bits per heavy atom. The summed E-state index contributed by atoms with van der Waals surface area (Å²) < 4.78 is 54.1. The van der Waals surface area contributed by atoms with Crippen LogP contribution in [0.4, 0.5) is 17.6 Å². The van der Waals surface area contributed by atoms with Crippen molar-refractivity contribution in [2.24, 2.45) is 14.1 Å². The van der Waals surface area contributed by atoms with Crippen molar-refractivity contribution in [3.05, 3.63) is 34.2 Å². The average molecular weight is 355 g/mol. The number of nitrogens with zero attached hydrogens (tertiary/aromatic N) is 2. The van der Waals surface area contributed by atoms with E-state index in [4.69, 9.17) is 0 Å². The molecule has 0 aliphatic rings. The van der Waals surface area contributed by atoms with Crippen LogP contribution in [0.2, 0.25) is 0 Å². The minimum absolute atomic E-state index is 0.0102. The van der Waals surface area contributed by atoms with E-state index in [1.807, 2.05) is 0 Å². The summed E-state index contributed by atoms with van der Waals surface area (Å²) in [7, 11) is 3.03. The molecule has 0 aliphatic carbocycles. The Bertz CT molecular complexity index is 707. The SMILES string of the molecule is Cn1c(=O)n(C)c2cc(C(Br)C(F)(F)C(F)F)ccc21. The normalized spacial score (nSPS) is 14.2. The first-order chi connectivity index (χ1) is 9.17. The summed E-state index contributed by atoms with van der Waals surface area (Å²) >= 11 is 2.62. The predicted molar refractivity (Wildman–Crippen MR) is 70.8 cm³/mol. The van der Waals surface area contributed by atoms with Gasteiger partial charge in [0.1, 0.15) is 4.83 Å². The molecule has 1 heterocycles. The van der Waals surface area contributed by atoms with Gasteiger partial charge in [0.15, 0.2) is 0 Å². The van der Waals surface area contributed by atoms with Crippen LogP contribution in [0.15, 0.2) is 23.0 Å². The van der Waals surface area contributed by atoms with Crippen molar-refractivity contribution in [2.75, 3.05) is 0 Å². The number of aromatic nitrogens is 2. The maximum absolute atomic E-state index is 13.3. The van der Waals surface area contributed by atoms with Crippen molar-refractivity contribution in [3.8, 4) is 0 Å². The van der Waals surface area contributed by atoms with E-state index in [0.717, 1.165) is 0 Å². The number of aryl methyl sites for hydroxylation is 2. The molecule has 1 atom stereocenters. The van der Waals surface area contributed by atoms with E-state index in [0.29, 0.717) is 11.0 Å². The Morgan fingerprint density at radius 1 is 1.15 bits per heavy atom. The quantitative estimate of drug-likeness (QED) is 0.614. The molecular weight excluding hydrogens is 344 g/mol. The molecule has 0 spiro atoms. The highest BCUT2D eigenvalue weighted by molar-refractivity contribution is 9.09. The summed E-state index contributed by atoms with van der Waals surface area (Å²) in [5.74, 6) is -4.19. The van der Waals surface area contributed by atoms with Gasteiger partial charge < -0.3 is 0 Å². The monoisotopic (exact) mass is 354 g/mol. The van der Waals surface area contributed by atoms with Crippen LogP contribution < -0.4 is 5.69 Å². The van der Waals surface area contributed by atoms with Gasteiger partial charge in [-0.1, -0.05) is 22.0 Å². The van der Waals surface area contributed by atoms with E-state index in [1.165, 1.54) is 34.4 Å². The molecule has 0 saturated heterocycles. The number of halogens is 5. The van der Waals surface area contributed by atoms with Crippen LogP contribution in [0.5, 0.6) is 0 Å². The van der Waals surface area contributed by atoms with Gasteiger partial charge in [0.2, 0.25) is 0 Å². The predicted octanol–water partition coefficient (Wildman–Crippen LogP) is 3.21. The first-order valence-electron chi connectivity index (χ1n) is 5.63. The summed E-state index contributed by atoms with van der Waals surface area (Å²) in [6.45, 7) is 0. The summed E-state index contributed by atoms with van der Waals surface area (Å²) in [4.78, 5) is 9.90. The third kappa shape index (κ3) is 2.15. The Labute approximate surface area is 119 Å². The molecule has 2 aromatic rings. The van der Waals surface area contributed by atoms with Crippen LogP contribution in [-0.2, 0) is 14.1 Å². The van der Waals surface area contributed by atoms with E-state index in [2.05, 4.69) is 15.9 Å². The number of rotatable bonds is 3. The highest BCUT2D eigenvalue weighted by atomic mass is 79.9. The van der Waals surface area contributed by atoms with Crippen LogP contribution in [-0.4, -0.2) is 21.5 Å². The van der Waals surface area contributed by atoms with Gasteiger partial charge in [-0.3, -0.25) is 9.13 Å². The lowest BCUT2D eigenvalue weighted by molar-refractivity contribution is -0.127. The molecule has 0 bridgehead atoms. The molecule has 1 aromatic heterocycles. The van der Waals surface area contributed by atoms with Crippen molar-refractivity contribution >= 4 is 27.0 Å². The molecule has 0 N–H and O–H groups in total. The number of hydrogen-bond acceptors (Lipinski definition) is 1. The van der Waals surface area contributed by atoms with Gasteiger partial charge in [-0.15, -0.1) is 0 Å². The van der Waals surface area contributed by atoms with E-state index in [-0.39, 0.29) is 11.3 Å². The zero-order valence-corrected chi connectivity index (χ0v) is 12.2. The van der Waals surface area contributed by atoms with E-state index in [9.17, 15) is 22.4 Å². The molecule has 0 saturated carbocycles. The zero-order chi connectivity index (χ0) is 15.2. The molecule has 1 aromatic carbocycles. The van der Waals surface area contributed by atoms with Crippen LogP contribution >= 0.6 is 15.9 Å².